The van der Waals surface area contributed by atoms with Crippen molar-refractivity contribution in [1.82, 2.24) is 0 Å². The lowest BCUT2D eigenvalue weighted by molar-refractivity contribution is 0.0696. The van der Waals surface area contributed by atoms with Gasteiger partial charge in [-0.2, -0.15) is 0 Å². The number of nitrogens with two attached hydrogens (primary N) is 1. The Labute approximate surface area is 125 Å². The molecular weight excluding hydrogens is 289 g/mol. The van der Waals surface area contributed by atoms with E-state index < -0.39 is 17.7 Å². The van der Waals surface area contributed by atoms with E-state index in [2.05, 4.69) is 0 Å². The van der Waals surface area contributed by atoms with Gasteiger partial charge >= 0.3 is 5.97 Å². The number of hydrogen-bond acceptors (Lipinski definition) is 3. The Morgan fingerprint density at radius 3 is 2.23 bits per heavy atom. The summed E-state index contributed by atoms with van der Waals surface area (Å²) in [6, 6.07) is 9.45. The van der Waals surface area contributed by atoms with Crippen LogP contribution in [0.15, 0.2) is 42.5 Å². The average molecular weight is 301 g/mol. The van der Waals surface area contributed by atoms with Crippen LogP contribution in [0, 0.1) is 5.82 Å². The molecule has 0 heterocycles. The summed E-state index contributed by atoms with van der Waals surface area (Å²) in [6.45, 7) is 0. The van der Waals surface area contributed by atoms with E-state index in [9.17, 15) is 19.1 Å². The van der Waals surface area contributed by atoms with Crippen LogP contribution in [0.1, 0.15) is 31.8 Å². The summed E-state index contributed by atoms with van der Waals surface area (Å²) >= 11 is 0. The van der Waals surface area contributed by atoms with Crippen molar-refractivity contribution in [2.75, 3.05) is 0 Å². The molecule has 0 bridgehead atoms. The molecule has 0 atom stereocenters. The van der Waals surface area contributed by atoms with Gasteiger partial charge in [0.05, 0.1) is 11.1 Å². The molecule has 0 aromatic heterocycles. The number of hydrogen-bond donors (Lipinski definition) is 3. The maximum absolute atomic E-state index is 13.4. The quantitative estimate of drug-likeness (QED) is 0.597. The minimum atomic E-state index is -1.19. The molecule has 4 N–H and O–H groups in total. The van der Waals surface area contributed by atoms with E-state index in [4.69, 9.17) is 10.8 Å². The fourth-order valence-electron chi connectivity index (χ4n) is 1.95. The van der Waals surface area contributed by atoms with Crippen molar-refractivity contribution in [3.63, 3.8) is 0 Å². The number of aromatic carboxylic acids is 1. The molecule has 5 nitrogen and oxygen atoms in total. The molecule has 0 unspecified atom stereocenters. The number of aliphatic hydroxyl groups excluding tert-OH is 1. The standard InChI is InChI=1S/C16H12FNO4/c17-13-6-5-9(7-12(13)15(18)20)8-14(19)10-3-1-2-4-11(10)16(21)22/h1-8,19H,(H2,18,20)(H,21,22)/b14-8-. The maximum atomic E-state index is 13.4. The van der Waals surface area contributed by atoms with Crippen LogP contribution in [0.25, 0.3) is 11.8 Å². The third kappa shape index (κ3) is 3.12. The number of carboxylic acid groups (broad SMARTS) is 1. The molecule has 0 aliphatic rings. The molecule has 6 heteroatoms. The SMILES string of the molecule is NC(=O)c1cc(/C=C(\O)c2ccccc2C(=O)O)ccc1F. The van der Waals surface area contributed by atoms with E-state index in [1.54, 1.807) is 6.07 Å². The van der Waals surface area contributed by atoms with Gasteiger partial charge in [-0.1, -0.05) is 24.3 Å². The summed E-state index contributed by atoms with van der Waals surface area (Å²) in [5.74, 6) is -3.21. The lowest BCUT2D eigenvalue weighted by Crippen LogP contribution is -2.13. The number of amides is 1. The zero-order chi connectivity index (χ0) is 16.3. The van der Waals surface area contributed by atoms with Gasteiger partial charge in [-0.3, -0.25) is 4.79 Å². The molecule has 0 spiro atoms. The van der Waals surface area contributed by atoms with Crippen molar-refractivity contribution in [2.45, 2.75) is 0 Å². The van der Waals surface area contributed by atoms with Crippen molar-refractivity contribution in [2.24, 2.45) is 5.73 Å². The molecule has 1 amide bonds. The molecule has 2 aromatic rings. The van der Waals surface area contributed by atoms with Gasteiger partial charge in [-0.15, -0.1) is 0 Å². The highest BCUT2D eigenvalue weighted by molar-refractivity contribution is 5.96. The zero-order valence-electron chi connectivity index (χ0n) is 11.3. The summed E-state index contributed by atoms with van der Waals surface area (Å²) in [5, 5.41) is 19.2. The smallest absolute Gasteiger partial charge is 0.336 e. The minimum Gasteiger partial charge on any atom is -0.507 e. The molecule has 0 radical (unpaired) electrons. The van der Waals surface area contributed by atoms with Crippen LogP contribution < -0.4 is 5.73 Å². The maximum Gasteiger partial charge on any atom is 0.336 e. The summed E-state index contributed by atoms with van der Waals surface area (Å²) < 4.78 is 13.4. The molecule has 0 aliphatic carbocycles. The van der Waals surface area contributed by atoms with Crippen LogP contribution in [0.3, 0.4) is 0 Å². The van der Waals surface area contributed by atoms with Crippen molar-refractivity contribution < 1.29 is 24.2 Å². The number of carboxylic acids is 1. The first-order valence-electron chi connectivity index (χ1n) is 6.23. The first-order chi connectivity index (χ1) is 10.4. The molecule has 0 aliphatic heterocycles. The summed E-state index contributed by atoms with van der Waals surface area (Å²) in [4.78, 5) is 22.2. The molecule has 2 rings (SSSR count). The van der Waals surface area contributed by atoms with Crippen LogP contribution in [0.2, 0.25) is 0 Å². The summed E-state index contributed by atoms with van der Waals surface area (Å²) in [6.07, 6.45) is 1.23. The number of halogens is 1. The lowest BCUT2D eigenvalue weighted by atomic mass is 10.0. The number of rotatable bonds is 4. The zero-order valence-corrected chi connectivity index (χ0v) is 11.3. The van der Waals surface area contributed by atoms with Crippen molar-refractivity contribution in [1.29, 1.82) is 0 Å². The molecule has 0 fully saturated rings. The molecule has 2 aromatic carbocycles. The fraction of sp³-hybridized carbons (Fsp3) is 0. The third-order valence-corrected chi connectivity index (χ3v) is 2.99. The van der Waals surface area contributed by atoms with Crippen LogP contribution in [0.5, 0.6) is 0 Å². The van der Waals surface area contributed by atoms with Crippen LogP contribution in [-0.2, 0) is 0 Å². The van der Waals surface area contributed by atoms with E-state index in [1.165, 1.54) is 36.4 Å². The van der Waals surface area contributed by atoms with Gasteiger partial charge in [-0.25, -0.2) is 9.18 Å². The molecule has 0 saturated carbocycles. The second-order valence-corrected chi connectivity index (χ2v) is 4.48. The van der Waals surface area contributed by atoms with Gasteiger partial charge < -0.3 is 15.9 Å². The Hall–Kier alpha value is -3.15. The van der Waals surface area contributed by atoms with Gasteiger partial charge in [0.15, 0.2) is 0 Å². The molecule has 0 saturated heterocycles. The van der Waals surface area contributed by atoms with Gasteiger partial charge in [0.1, 0.15) is 11.6 Å². The Morgan fingerprint density at radius 2 is 1.64 bits per heavy atom. The molecular formula is C16H12FNO4. The highest BCUT2D eigenvalue weighted by Gasteiger charge is 2.13. The monoisotopic (exact) mass is 301 g/mol. The van der Waals surface area contributed by atoms with Gasteiger partial charge in [0.2, 0.25) is 0 Å². The van der Waals surface area contributed by atoms with E-state index in [0.29, 0.717) is 5.56 Å². The van der Waals surface area contributed by atoms with E-state index in [1.807, 2.05) is 0 Å². The van der Waals surface area contributed by atoms with Gasteiger partial charge in [0, 0.05) is 5.56 Å². The lowest BCUT2D eigenvalue weighted by Gasteiger charge is -2.06. The van der Waals surface area contributed by atoms with Gasteiger partial charge in [0.25, 0.3) is 5.91 Å². The van der Waals surface area contributed by atoms with Crippen LogP contribution >= 0.6 is 0 Å². The number of primary amides is 1. The fourth-order valence-corrected chi connectivity index (χ4v) is 1.95. The molecule has 22 heavy (non-hydrogen) atoms. The highest BCUT2D eigenvalue weighted by Crippen LogP contribution is 2.21. The molecule has 112 valence electrons. The van der Waals surface area contributed by atoms with E-state index in [-0.39, 0.29) is 22.4 Å². The Morgan fingerprint density at radius 1 is 1.00 bits per heavy atom. The van der Waals surface area contributed by atoms with Crippen LogP contribution in [0.4, 0.5) is 4.39 Å². The Balaban J connectivity index is 2.48. The first kappa shape index (κ1) is 15.2. The number of benzene rings is 2. The Kier molecular flexibility index (Phi) is 4.22. The van der Waals surface area contributed by atoms with Gasteiger partial charge in [-0.05, 0) is 29.8 Å². The topological polar surface area (TPSA) is 101 Å². The normalized spacial score (nSPS) is 11.2. The van der Waals surface area contributed by atoms with E-state index in [0.717, 1.165) is 6.07 Å². The number of carbonyl (C=O) groups is 2. The van der Waals surface area contributed by atoms with E-state index >= 15 is 0 Å². The predicted octanol–water partition coefficient (Wildman–Crippen LogP) is 2.68. The third-order valence-electron chi connectivity index (χ3n) is 2.99. The highest BCUT2D eigenvalue weighted by atomic mass is 19.1. The largest absolute Gasteiger partial charge is 0.507 e. The second-order valence-electron chi connectivity index (χ2n) is 4.48. The summed E-state index contributed by atoms with van der Waals surface area (Å²) in [5.41, 5.74) is 5.09. The summed E-state index contributed by atoms with van der Waals surface area (Å²) in [7, 11) is 0. The Bertz CT molecular complexity index is 783. The predicted molar refractivity (Wildman–Crippen MR) is 78.8 cm³/mol. The van der Waals surface area contributed by atoms with Crippen molar-refractivity contribution >= 4 is 23.7 Å². The minimum absolute atomic E-state index is 0.0755. The first-order valence-corrected chi connectivity index (χ1v) is 6.23. The average Bonchev–Trinajstić information content (AvgIpc) is 2.48. The second kappa shape index (κ2) is 6.09. The van der Waals surface area contributed by atoms with Crippen LogP contribution in [-0.4, -0.2) is 22.1 Å². The number of carbonyl (C=O) groups excluding carboxylic acids is 1. The van der Waals surface area contributed by atoms with Crippen molar-refractivity contribution in [3.8, 4) is 0 Å². The number of aliphatic hydroxyl groups is 1. The van der Waals surface area contributed by atoms with Crippen molar-refractivity contribution in [3.05, 3.63) is 70.5 Å².